The van der Waals surface area contributed by atoms with Gasteiger partial charge in [0.05, 0.1) is 18.8 Å². The molecule has 134 valence electrons. The molecule has 0 aromatic heterocycles. The van der Waals surface area contributed by atoms with Crippen molar-refractivity contribution in [3.05, 3.63) is 59.2 Å². The summed E-state index contributed by atoms with van der Waals surface area (Å²) in [5.41, 5.74) is 2.44. The summed E-state index contributed by atoms with van der Waals surface area (Å²) in [6.07, 6.45) is 0.852. The third-order valence-electron chi connectivity index (χ3n) is 3.70. The molecule has 2 N–H and O–H groups in total. The Balaban J connectivity index is 1.88. The lowest BCUT2D eigenvalue weighted by Gasteiger charge is -2.12. The van der Waals surface area contributed by atoms with Gasteiger partial charge in [-0.3, -0.25) is 0 Å². The number of carbonyl (C=O) groups is 1. The van der Waals surface area contributed by atoms with Gasteiger partial charge in [0, 0.05) is 6.54 Å². The molecule has 0 aliphatic rings. The summed E-state index contributed by atoms with van der Waals surface area (Å²) in [5.74, 6) is 0.641. The Hall–Kier alpha value is -2.53. The molecule has 5 heteroatoms. The van der Waals surface area contributed by atoms with Gasteiger partial charge in [0.15, 0.2) is 11.5 Å². The molecule has 5 nitrogen and oxygen atoms in total. The van der Waals surface area contributed by atoms with Crippen LogP contribution in [0.5, 0.6) is 11.5 Å². The Labute approximate surface area is 148 Å². The summed E-state index contributed by atoms with van der Waals surface area (Å²) in [6.45, 7) is 6.54. The molecular weight excluding hydrogens is 318 g/mol. The maximum absolute atomic E-state index is 11.0. The van der Waals surface area contributed by atoms with Crippen molar-refractivity contribution in [1.29, 1.82) is 0 Å². The quantitative estimate of drug-likeness (QED) is 0.646. The van der Waals surface area contributed by atoms with Crippen LogP contribution in [0.2, 0.25) is 0 Å². The Morgan fingerprint density at radius 1 is 1.00 bits per heavy atom. The van der Waals surface area contributed by atoms with Crippen LogP contribution in [-0.2, 0) is 13.0 Å². The standard InChI is InChI=1S/C20H25NO4/c1-3-24-18-9-8-15(13-19(18)25-4-2)10-11-21-14-16-6-5-7-17(12-16)20(22)23/h5-9,12-13,21H,3-4,10-11,14H2,1-2H3,(H,22,23). The first-order valence-electron chi connectivity index (χ1n) is 8.55. The zero-order valence-electron chi connectivity index (χ0n) is 14.7. The van der Waals surface area contributed by atoms with E-state index in [0.717, 1.165) is 30.0 Å². The molecule has 0 spiro atoms. The van der Waals surface area contributed by atoms with Crippen LogP contribution in [0.15, 0.2) is 42.5 Å². The van der Waals surface area contributed by atoms with Crippen molar-refractivity contribution in [2.24, 2.45) is 0 Å². The molecule has 2 aromatic rings. The summed E-state index contributed by atoms with van der Waals surface area (Å²) >= 11 is 0. The zero-order valence-corrected chi connectivity index (χ0v) is 14.7. The van der Waals surface area contributed by atoms with E-state index in [1.165, 1.54) is 5.56 Å². The fourth-order valence-corrected chi connectivity index (χ4v) is 2.53. The molecule has 0 bridgehead atoms. The van der Waals surface area contributed by atoms with Crippen molar-refractivity contribution in [3.63, 3.8) is 0 Å². The van der Waals surface area contributed by atoms with Gasteiger partial charge in [-0.05, 0) is 62.2 Å². The zero-order chi connectivity index (χ0) is 18.1. The molecule has 25 heavy (non-hydrogen) atoms. The Kier molecular flexibility index (Phi) is 7.29. The molecule has 0 aliphatic carbocycles. The number of benzene rings is 2. The average molecular weight is 343 g/mol. The van der Waals surface area contributed by atoms with E-state index in [4.69, 9.17) is 14.6 Å². The van der Waals surface area contributed by atoms with E-state index in [-0.39, 0.29) is 0 Å². The van der Waals surface area contributed by atoms with E-state index >= 15 is 0 Å². The third-order valence-corrected chi connectivity index (χ3v) is 3.70. The van der Waals surface area contributed by atoms with E-state index in [9.17, 15) is 4.79 Å². The number of carboxylic acid groups (broad SMARTS) is 1. The number of ether oxygens (including phenoxy) is 2. The number of aromatic carboxylic acids is 1. The largest absolute Gasteiger partial charge is 0.490 e. The van der Waals surface area contributed by atoms with Crippen molar-refractivity contribution in [2.75, 3.05) is 19.8 Å². The first-order chi connectivity index (χ1) is 12.1. The van der Waals surface area contributed by atoms with Crippen molar-refractivity contribution in [3.8, 4) is 11.5 Å². The molecule has 0 radical (unpaired) electrons. The Morgan fingerprint density at radius 2 is 1.76 bits per heavy atom. The van der Waals surface area contributed by atoms with Crippen molar-refractivity contribution in [1.82, 2.24) is 5.32 Å². The topological polar surface area (TPSA) is 67.8 Å². The second-order valence-corrected chi connectivity index (χ2v) is 5.58. The lowest BCUT2D eigenvalue weighted by Crippen LogP contribution is -2.17. The highest BCUT2D eigenvalue weighted by Gasteiger charge is 2.06. The highest BCUT2D eigenvalue weighted by Crippen LogP contribution is 2.28. The van der Waals surface area contributed by atoms with Crippen LogP contribution in [-0.4, -0.2) is 30.8 Å². The average Bonchev–Trinajstić information content (AvgIpc) is 2.61. The van der Waals surface area contributed by atoms with Crippen LogP contribution >= 0.6 is 0 Å². The third kappa shape index (κ3) is 5.80. The lowest BCUT2D eigenvalue weighted by atomic mass is 10.1. The van der Waals surface area contributed by atoms with Crippen LogP contribution in [0.3, 0.4) is 0 Å². The van der Waals surface area contributed by atoms with Crippen LogP contribution in [0.1, 0.15) is 35.3 Å². The molecular formula is C20H25NO4. The maximum atomic E-state index is 11.0. The first-order valence-corrected chi connectivity index (χ1v) is 8.55. The molecule has 0 saturated carbocycles. The normalized spacial score (nSPS) is 10.5. The predicted molar refractivity (Wildman–Crippen MR) is 97.6 cm³/mol. The SMILES string of the molecule is CCOc1ccc(CCNCc2cccc(C(=O)O)c2)cc1OCC. The number of carboxylic acids is 1. The van der Waals surface area contributed by atoms with Gasteiger partial charge in [-0.25, -0.2) is 4.79 Å². The smallest absolute Gasteiger partial charge is 0.335 e. The van der Waals surface area contributed by atoms with Gasteiger partial charge in [-0.15, -0.1) is 0 Å². The summed E-state index contributed by atoms with van der Waals surface area (Å²) in [5, 5.41) is 12.4. The minimum atomic E-state index is -0.903. The minimum Gasteiger partial charge on any atom is -0.490 e. The summed E-state index contributed by atoms with van der Waals surface area (Å²) in [6, 6.07) is 13.0. The van der Waals surface area contributed by atoms with E-state index in [1.807, 2.05) is 38.1 Å². The summed E-state index contributed by atoms with van der Waals surface area (Å²) in [4.78, 5) is 11.0. The number of hydrogen-bond donors (Lipinski definition) is 2. The second-order valence-electron chi connectivity index (χ2n) is 5.58. The van der Waals surface area contributed by atoms with E-state index in [2.05, 4.69) is 5.32 Å². The monoisotopic (exact) mass is 343 g/mol. The van der Waals surface area contributed by atoms with Gasteiger partial charge >= 0.3 is 5.97 Å². The summed E-state index contributed by atoms with van der Waals surface area (Å²) in [7, 11) is 0. The van der Waals surface area contributed by atoms with Gasteiger partial charge in [0.1, 0.15) is 0 Å². The highest BCUT2D eigenvalue weighted by atomic mass is 16.5. The predicted octanol–water partition coefficient (Wildman–Crippen LogP) is 3.51. The molecule has 0 saturated heterocycles. The molecule has 0 aliphatic heterocycles. The molecule has 0 heterocycles. The Morgan fingerprint density at radius 3 is 2.48 bits per heavy atom. The van der Waals surface area contributed by atoms with Crippen LogP contribution in [0, 0.1) is 0 Å². The Bertz CT molecular complexity index is 700. The lowest BCUT2D eigenvalue weighted by molar-refractivity contribution is 0.0696. The maximum Gasteiger partial charge on any atom is 0.335 e. The number of hydrogen-bond acceptors (Lipinski definition) is 4. The molecule has 0 amide bonds. The fraction of sp³-hybridized carbons (Fsp3) is 0.350. The molecule has 2 rings (SSSR count). The van der Waals surface area contributed by atoms with Crippen molar-refractivity contribution in [2.45, 2.75) is 26.8 Å². The summed E-state index contributed by atoms with van der Waals surface area (Å²) < 4.78 is 11.2. The van der Waals surface area contributed by atoms with Crippen LogP contribution < -0.4 is 14.8 Å². The van der Waals surface area contributed by atoms with Gasteiger partial charge in [-0.1, -0.05) is 18.2 Å². The van der Waals surface area contributed by atoms with Gasteiger partial charge in [0.25, 0.3) is 0 Å². The molecule has 0 atom stereocenters. The molecule has 2 aromatic carbocycles. The fourth-order valence-electron chi connectivity index (χ4n) is 2.53. The van der Waals surface area contributed by atoms with Crippen LogP contribution in [0.4, 0.5) is 0 Å². The van der Waals surface area contributed by atoms with E-state index < -0.39 is 5.97 Å². The second kappa shape index (κ2) is 9.69. The van der Waals surface area contributed by atoms with Crippen molar-refractivity contribution >= 4 is 5.97 Å². The molecule has 0 unspecified atom stereocenters. The van der Waals surface area contributed by atoms with Gasteiger partial charge in [-0.2, -0.15) is 0 Å². The number of nitrogens with one attached hydrogen (secondary N) is 1. The highest BCUT2D eigenvalue weighted by molar-refractivity contribution is 5.87. The van der Waals surface area contributed by atoms with Gasteiger partial charge in [0.2, 0.25) is 0 Å². The van der Waals surface area contributed by atoms with E-state index in [0.29, 0.717) is 25.3 Å². The van der Waals surface area contributed by atoms with Crippen molar-refractivity contribution < 1.29 is 19.4 Å². The number of rotatable bonds is 10. The van der Waals surface area contributed by atoms with E-state index in [1.54, 1.807) is 18.2 Å². The first kappa shape index (κ1) is 18.8. The van der Waals surface area contributed by atoms with Gasteiger partial charge < -0.3 is 19.9 Å². The minimum absolute atomic E-state index is 0.312. The van der Waals surface area contributed by atoms with Crippen LogP contribution in [0.25, 0.3) is 0 Å². The molecule has 0 fully saturated rings.